The minimum Gasteiger partial charge on any atom is -0.478 e. The van der Waals surface area contributed by atoms with Crippen molar-refractivity contribution < 1.29 is 19.6 Å². The summed E-state index contributed by atoms with van der Waals surface area (Å²) < 4.78 is 5.89. The number of nitrogens with zero attached hydrogens (tertiary/aromatic N) is 1. The molecule has 2 aromatic carbocycles. The molecule has 0 aliphatic heterocycles. The second-order valence-electron chi connectivity index (χ2n) is 4.23. The number of aryl methyl sites for hydroxylation is 1. The number of hydrogen-bond donors (Lipinski definition) is 1. The summed E-state index contributed by atoms with van der Waals surface area (Å²) in [5, 5.41) is 20.0. The zero-order valence-corrected chi connectivity index (χ0v) is 12.5. The molecule has 0 aromatic heterocycles. The molecule has 6 nitrogen and oxygen atoms in total. The molecule has 0 bridgehead atoms. The van der Waals surface area contributed by atoms with Gasteiger partial charge in [-0.05, 0) is 46.6 Å². The van der Waals surface area contributed by atoms with Crippen molar-refractivity contribution in [2.24, 2.45) is 0 Å². The maximum Gasteiger partial charge on any atom is 0.336 e. The van der Waals surface area contributed by atoms with E-state index in [1.54, 1.807) is 19.1 Å². The molecule has 0 atom stereocenters. The average Bonchev–Trinajstić information content (AvgIpc) is 2.40. The number of halogens is 1. The van der Waals surface area contributed by atoms with E-state index in [0.29, 0.717) is 15.8 Å². The molecular weight excluding hydrogens is 342 g/mol. The highest BCUT2D eigenvalue weighted by Crippen LogP contribution is 2.35. The summed E-state index contributed by atoms with van der Waals surface area (Å²) in [5.41, 5.74) is 0.553. The third-order valence-corrected chi connectivity index (χ3v) is 3.43. The Morgan fingerprint density at radius 2 is 2.05 bits per heavy atom. The van der Waals surface area contributed by atoms with Crippen molar-refractivity contribution in [3.63, 3.8) is 0 Å². The number of nitro benzene ring substituents is 1. The highest BCUT2D eigenvalue weighted by atomic mass is 79.9. The normalized spacial score (nSPS) is 10.2. The third kappa shape index (κ3) is 3.19. The molecule has 108 valence electrons. The van der Waals surface area contributed by atoms with E-state index in [2.05, 4.69) is 15.9 Å². The Kier molecular flexibility index (Phi) is 4.23. The fraction of sp³-hybridized carbons (Fsp3) is 0.0714. The van der Waals surface area contributed by atoms with Crippen LogP contribution in [-0.2, 0) is 0 Å². The number of carboxylic acids is 1. The second kappa shape index (κ2) is 5.92. The van der Waals surface area contributed by atoms with Gasteiger partial charge in [-0.25, -0.2) is 4.79 Å². The predicted molar refractivity (Wildman–Crippen MR) is 79.0 cm³/mol. The molecule has 0 saturated heterocycles. The van der Waals surface area contributed by atoms with Crippen LogP contribution in [0.25, 0.3) is 0 Å². The van der Waals surface area contributed by atoms with Gasteiger partial charge in [-0.2, -0.15) is 0 Å². The fourth-order valence-electron chi connectivity index (χ4n) is 1.76. The van der Waals surface area contributed by atoms with Gasteiger partial charge in [0.25, 0.3) is 0 Å². The molecule has 21 heavy (non-hydrogen) atoms. The Morgan fingerprint density at radius 1 is 1.33 bits per heavy atom. The summed E-state index contributed by atoms with van der Waals surface area (Å²) >= 11 is 3.13. The first-order valence-corrected chi connectivity index (χ1v) is 6.64. The van der Waals surface area contributed by atoms with Crippen LogP contribution in [0.2, 0.25) is 0 Å². The lowest BCUT2D eigenvalue weighted by molar-refractivity contribution is -0.385. The van der Waals surface area contributed by atoms with Gasteiger partial charge in [-0.1, -0.05) is 12.1 Å². The number of para-hydroxylation sites is 1. The molecule has 0 unspecified atom stereocenters. The van der Waals surface area contributed by atoms with E-state index in [1.165, 1.54) is 24.3 Å². The third-order valence-electron chi connectivity index (χ3n) is 2.78. The highest BCUT2D eigenvalue weighted by molar-refractivity contribution is 9.10. The molecule has 0 fully saturated rings. The quantitative estimate of drug-likeness (QED) is 0.659. The number of ether oxygens (including phenoxy) is 1. The average molecular weight is 352 g/mol. The van der Waals surface area contributed by atoms with Crippen LogP contribution in [0, 0.1) is 17.0 Å². The van der Waals surface area contributed by atoms with Crippen molar-refractivity contribution in [3.8, 4) is 11.5 Å². The van der Waals surface area contributed by atoms with Gasteiger partial charge < -0.3 is 9.84 Å². The first kappa shape index (κ1) is 15.0. The van der Waals surface area contributed by atoms with Crippen LogP contribution in [0.5, 0.6) is 11.5 Å². The van der Waals surface area contributed by atoms with E-state index in [9.17, 15) is 14.9 Å². The summed E-state index contributed by atoms with van der Waals surface area (Å²) in [6.45, 7) is 1.70. The van der Waals surface area contributed by atoms with E-state index in [4.69, 9.17) is 9.84 Å². The fourth-order valence-corrected chi connectivity index (χ4v) is 2.29. The molecule has 0 aliphatic rings. The van der Waals surface area contributed by atoms with Crippen LogP contribution < -0.4 is 4.74 Å². The lowest BCUT2D eigenvalue weighted by atomic mass is 10.2. The second-order valence-corrected chi connectivity index (χ2v) is 5.08. The Morgan fingerprint density at radius 3 is 2.62 bits per heavy atom. The van der Waals surface area contributed by atoms with Gasteiger partial charge in [0.05, 0.1) is 10.5 Å². The van der Waals surface area contributed by atoms with E-state index in [0.717, 1.165) is 0 Å². The minimum absolute atomic E-state index is 0.0848. The van der Waals surface area contributed by atoms with Gasteiger partial charge in [-0.15, -0.1) is 0 Å². The number of rotatable bonds is 4. The van der Waals surface area contributed by atoms with Crippen molar-refractivity contribution in [1.29, 1.82) is 0 Å². The van der Waals surface area contributed by atoms with E-state index in [-0.39, 0.29) is 17.0 Å². The lowest BCUT2D eigenvalue weighted by Crippen LogP contribution is -1.99. The number of aromatic carboxylic acids is 1. The standard InChI is InChI=1S/C14H10BrNO5/c1-8-3-2-4-12(16(19)20)13(8)21-9-5-6-10(14(17)18)11(15)7-9/h2-7H,1H3,(H,17,18). The zero-order chi connectivity index (χ0) is 15.6. The monoisotopic (exact) mass is 351 g/mol. The summed E-state index contributed by atoms with van der Waals surface area (Å²) in [4.78, 5) is 21.4. The summed E-state index contributed by atoms with van der Waals surface area (Å²) in [7, 11) is 0. The summed E-state index contributed by atoms with van der Waals surface area (Å²) in [6, 6.07) is 8.89. The molecule has 0 radical (unpaired) electrons. The molecular formula is C14H10BrNO5. The van der Waals surface area contributed by atoms with Crippen molar-refractivity contribution in [3.05, 3.63) is 62.1 Å². The first-order chi connectivity index (χ1) is 9.90. The molecule has 1 N–H and O–H groups in total. The smallest absolute Gasteiger partial charge is 0.336 e. The van der Waals surface area contributed by atoms with E-state index in [1.807, 2.05) is 0 Å². The Balaban J connectivity index is 2.41. The van der Waals surface area contributed by atoms with E-state index < -0.39 is 10.9 Å². The van der Waals surface area contributed by atoms with Gasteiger partial charge in [0, 0.05) is 10.5 Å². The van der Waals surface area contributed by atoms with Crippen LogP contribution >= 0.6 is 15.9 Å². The molecule has 2 rings (SSSR count). The van der Waals surface area contributed by atoms with Crippen LogP contribution in [0.4, 0.5) is 5.69 Å². The highest BCUT2D eigenvalue weighted by Gasteiger charge is 2.18. The predicted octanol–water partition coefficient (Wildman–Crippen LogP) is 4.16. The van der Waals surface area contributed by atoms with Crippen LogP contribution in [0.1, 0.15) is 15.9 Å². The van der Waals surface area contributed by atoms with Crippen molar-refractivity contribution >= 4 is 27.6 Å². The van der Waals surface area contributed by atoms with Crippen LogP contribution in [-0.4, -0.2) is 16.0 Å². The van der Waals surface area contributed by atoms with Crippen molar-refractivity contribution in [2.45, 2.75) is 6.92 Å². The number of nitro groups is 1. The van der Waals surface area contributed by atoms with Gasteiger partial charge in [0.1, 0.15) is 5.75 Å². The van der Waals surface area contributed by atoms with Crippen molar-refractivity contribution in [1.82, 2.24) is 0 Å². The molecule has 0 heterocycles. The minimum atomic E-state index is -1.07. The van der Waals surface area contributed by atoms with Crippen LogP contribution in [0.15, 0.2) is 40.9 Å². The Labute approximate surface area is 128 Å². The van der Waals surface area contributed by atoms with Crippen LogP contribution in [0.3, 0.4) is 0 Å². The molecule has 0 spiro atoms. The van der Waals surface area contributed by atoms with Gasteiger partial charge >= 0.3 is 11.7 Å². The molecule has 2 aromatic rings. The van der Waals surface area contributed by atoms with Gasteiger partial charge in [-0.3, -0.25) is 10.1 Å². The molecule has 0 amide bonds. The Bertz CT molecular complexity index is 729. The topological polar surface area (TPSA) is 89.7 Å². The van der Waals surface area contributed by atoms with Crippen molar-refractivity contribution in [2.75, 3.05) is 0 Å². The number of hydrogen-bond acceptors (Lipinski definition) is 4. The maximum absolute atomic E-state index is 11.0. The number of carbonyl (C=O) groups is 1. The summed E-state index contributed by atoms with van der Waals surface area (Å²) in [6.07, 6.45) is 0. The largest absolute Gasteiger partial charge is 0.478 e. The zero-order valence-electron chi connectivity index (χ0n) is 10.9. The van der Waals surface area contributed by atoms with Gasteiger partial charge in [0.2, 0.25) is 5.75 Å². The first-order valence-electron chi connectivity index (χ1n) is 5.85. The van der Waals surface area contributed by atoms with Gasteiger partial charge in [0.15, 0.2) is 0 Å². The molecule has 0 aliphatic carbocycles. The molecule has 7 heteroatoms. The maximum atomic E-state index is 11.0. The molecule has 0 saturated carbocycles. The number of carboxylic acid groups (broad SMARTS) is 1. The Hall–Kier alpha value is -2.41. The summed E-state index contributed by atoms with van der Waals surface area (Å²) in [5.74, 6) is -0.628. The lowest BCUT2D eigenvalue weighted by Gasteiger charge is -2.10. The van der Waals surface area contributed by atoms with E-state index >= 15 is 0 Å². The number of benzene rings is 2. The SMILES string of the molecule is Cc1cccc([N+](=O)[O-])c1Oc1ccc(C(=O)O)c(Br)c1.